The van der Waals surface area contributed by atoms with Gasteiger partial charge >= 0.3 is 5.97 Å². The number of fused-ring (bicyclic) bond motifs is 2. The maximum atomic E-state index is 12.7. The van der Waals surface area contributed by atoms with Crippen LogP contribution in [0.4, 0.5) is 0 Å². The Kier molecular flexibility index (Phi) is 11.1. The molecule has 5 atom stereocenters. The summed E-state index contributed by atoms with van der Waals surface area (Å²) in [6.07, 6.45) is 6.98. The summed E-state index contributed by atoms with van der Waals surface area (Å²) in [4.78, 5) is 41.5. The summed E-state index contributed by atoms with van der Waals surface area (Å²) < 4.78 is 10.9. The smallest absolute Gasteiger partial charge is 0.328 e. The lowest BCUT2D eigenvalue weighted by Gasteiger charge is -2.27. The van der Waals surface area contributed by atoms with E-state index in [4.69, 9.17) is 9.15 Å². The number of hydrogen-bond donors (Lipinski definition) is 4. The quantitative estimate of drug-likeness (QED) is 0.424. The summed E-state index contributed by atoms with van der Waals surface area (Å²) in [6.45, 7) is 9.24. The minimum atomic E-state index is -0.959. The second kappa shape index (κ2) is 13.7. The molecule has 198 valence electrons. The van der Waals surface area contributed by atoms with Crippen molar-refractivity contribution in [3.63, 3.8) is 0 Å². The Morgan fingerprint density at radius 3 is 2.56 bits per heavy atom. The zero-order valence-electron chi connectivity index (χ0n) is 21.4. The minimum absolute atomic E-state index is 0.00233. The van der Waals surface area contributed by atoms with E-state index in [2.05, 4.69) is 15.6 Å². The second-order valence-electron chi connectivity index (χ2n) is 9.40. The van der Waals surface area contributed by atoms with Gasteiger partial charge in [-0.05, 0) is 25.8 Å². The molecule has 0 radical (unpaired) electrons. The standard InChI is InChI=1S/C26H37N3O7/c1-15(2)24-17(4)8-9-22(32)27-10-6-7-16(3)11-19(30)12-20(31)13-23-29-21(14-35-23)25(33)28-18(5)26(34)36-24/h6-9,11,14-15,17-20,24,30-31H,10,12-13H2,1-5H3,(H,27,32)(H,28,33)/b7-6?,9-8+,16-11?/t17-,18-,19-,20-,24-/m1/s1. The zero-order chi connectivity index (χ0) is 26.8. The largest absolute Gasteiger partial charge is 0.460 e. The zero-order valence-corrected chi connectivity index (χ0v) is 21.4. The van der Waals surface area contributed by atoms with E-state index >= 15 is 0 Å². The van der Waals surface area contributed by atoms with E-state index in [-0.39, 0.29) is 48.7 Å². The predicted octanol–water partition coefficient (Wildman–Crippen LogP) is 1.84. The van der Waals surface area contributed by atoms with Crippen LogP contribution in [0.1, 0.15) is 57.4 Å². The van der Waals surface area contributed by atoms with E-state index in [1.54, 1.807) is 31.2 Å². The highest BCUT2D eigenvalue weighted by Crippen LogP contribution is 2.19. The third-order valence-electron chi connectivity index (χ3n) is 5.62. The second-order valence-corrected chi connectivity index (χ2v) is 9.40. The van der Waals surface area contributed by atoms with Crippen molar-refractivity contribution in [2.75, 3.05) is 6.54 Å². The van der Waals surface area contributed by atoms with Crippen LogP contribution in [0.15, 0.2) is 46.6 Å². The van der Waals surface area contributed by atoms with Crippen LogP contribution in [0.3, 0.4) is 0 Å². The van der Waals surface area contributed by atoms with Crippen LogP contribution in [-0.2, 0) is 20.7 Å². The van der Waals surface area contributed by atoms with E-state index in [0.29, 0.717) is 0 Å². The van der Waals surface area contributed by atoms with Gasteiger partial charge in [0.05, 0.1) is 18.6 Å². The lowest BCUT2D eigenvalue weighted by Crippen LogP contribution is -2.42. The molecule has 10 heteroatoms. The number of cyclic esters (lactones) is 1. The minimum Gasteiger partial charge on any atom is -0.460 e. The summed E-state index contributed by atoms with van der Waals surface area (Å²) in [5.74, 6) is -1.70. The van der Waals surface area contributed by atoms with Crippen molar-refractivity contribution in [3.8, 4) is 0 Å². The van der Waals surface area contributed by atoms with Gasteiger partial charge in [0.15, 0.2) is 11.6 Å². The molecule has 0 saturated carbocycles. The van der Waals surface area contributed by atoms with Gasteiger partial charge < -0.3 is 30.0 Å². The first-order valence-electron chi connectivity index (χ1n) is 12.1. The number of allylic oxidation sites excluding steroid dienone is 2. The van der Waals surface area contributed by atoms with Crippen LogP contribution in [0, 0.1) is 11.8 Å². The molecule has 2 amide bonds. The van der Waals surface area contributed by atoms with Gasteiger partial charge in [-0.15, -0.1) is 0 Å². The molecule has 2 heterocycles. The molecule has 0 fully saturated rings. The van der Waals surface area contributed by atoms with Crippen molar-refractivity contribution in [2.45, 2.75) is 71.8 Å². The molecule has 1 aromatic heterocycles. The van der Waals surface area contributed by atoms with Gasteiger partial charge in [0.25, 0.3) is 5.91 Å². The molecule has 0 aliphatic carbocycles. The van der Waals surface area contributed by atoms with E-state index in [9.17, 15) is 24.6 Å². The number of carbonyl (C=O) groups excluding carboxylic acids is 3. The first kappa shape index (κ1) is 29.0. The first-order valence-corrected chi connectivity index (χ1v) is 12.1. The maximum Gasteiger partial charge on any atom is 0.328 e. The molecule has 0 spiro atoms. The van der Waals surface area contributed by atoms with Gasteiger partial charge in [0.1, 0.15) is 18.4 Å². The molecular formula is C26H37N3O7. The fraction of sp³-hybridized carbons (Fsp3) is 0.538. The van der Waals surface area contributed by atoms with Crippen LogP contribution in [0.5, 0.6) is 0 Å². The molecule has 2 rings (SSSR count). The van der Waals surface area contributed by atoms with E-state index in [0.717, 1.165) is 11.8 Å². The molecule has 1 aromatic rings. The molecule has 0 unspecified atom stereocenters. The lowest BCUT2D eigenvalue weighted by atomic mass is 9.94. The van der Waals surface area contributed by atoms with Gasteiger partial charge in [-0.1, -0.05) is 50.6 Å². The normalized spacial score (nSPS) is 28.6. The van der Waals surface area contributed by atoms with Crippen molar-refractivity contribution >= 4 is 17.8 Å². The number of aliphatic hydroxyl groups excluding tert-OH is 2. The fourth-order valence-corrected chi connectivity index (χ4v) is 3.73. The fourth-order valence-electron chi connectivity index (χ4n) is 3.73. The van der Waals surface area contributed by atoms with Crippen molar-refractivity contribution in [2.24, 2.45) is 11.8 Å². The van der Waals surface area contributed by atoms with E-state index < -0.39 is 36.2 Å². The molecule has 10 nitrogen and oxygen atoms in total. The van der Waals surface area contributed by atoms with E-state index in [1.807, 2.05) is 20.8 Å². The van der Waals surface area contributed by atoms with Gasteiger partial charge in [0, 0.05) is 18.9 Å². The number of nitrogens with zero attached hydrogens (tertiary/aromatic N) is 1. The molecule has 1 aliphatic heterocycles. The average molecular weight is 504 g/mol. The number of ether oxygens (including phenoxy) is 1. The highest BCUT2D eigenvalue weighted by molar-refractivity contribution is 5.94. The number of rotatable bonds is 1. The molecule has 1 aliphatic rings. The highest BCUT2D eigenvalue weighted by Gasteiger charge is 2.28. The molecular weight excluding hydrogens is 466 g/mol. The number of aliphatic hydroxyl groups is 2. The third-order valence-corrected chi connectivity index (χ3v) is 5.62. The Balaban J connectivity index is 2.24. The maximum absolute atomic E-state index is 12.7. The lowest BCUT2D eigenvalue weighted by molar-refractivity contribution is -0.155. The molecule has 4 N–H and O–H groups in total. The van der Waals surface area contributed by atoms with Crippen LogP contribution < -0.4 is 10.6 Å². The van der Waals surface area contributed by atoms with Crippen molar-refractivity contribution < 1.29 is 33.8 Å². The first-order chi connectivity index (χ1) is 17.0. The van der Waals surface area contributed by atoms with Gasteiger partial charge in [-0.25, -0.2) is 9.78 Å². The summed E-state index contributed by atoms with van der Waals surface area (Å²) in [7, 11) is 0. The molecule has 0 saturated heterocycles. The summed E-state index contributed by atoms with van der Waals surface area (Å²) in [5.41, 5.74) is 0.719. The number of carbonyl (C=O) groups is 3. The summed E-state index contributed by atoms with van der Waals surface area (Å²) in [6, 6.07) is -0.956. The topological polar surface area (TPSA) is 151 Å². The van der Waals surface area contributed by atoms with E-state index in [1.165, 1.54) is 13.0 Å². The Morgan fingerprint density at radius 1 is 1.14 bits per heavy atom. The van der Waals surface area contributed by atoms with Gasteiger partial charge in [0.2, 0.25) is 5.91 Å². The monoisotopic (exact) mass is 503 g/mol. The number of oxazole rings is 1. The Labute approximate surface area is 211 Å². The van der Waals surface area contributed by atoms with Crippen LogP contribution in [0.2, 0.25) is 0 Å². The molecule has 0 aromatic carbocycles. The number of nitrogens with one attached hydrogen (secondary N) is 2. The Hall–Kier alpha value is -3.24. The average Bonchev–Trinajstić information content (AvgIpc) is 3.25. The summed E-state index contributed by atoms with van der Waals surface area (Å²) >= 11 is 0. The Bertz CT molecular complexity index is 995. The molecule has 2 bridgehead atoms. The number of amides is 2. The third kappa shape index (κ3) is 9.43. The summed E-state index contributed by atoms with van der Waals surface area (Å²) in [5, 5.41) is 25.8. The molecule has 36 heavy (non-hydrogen) atoms. The Morgan fingerprint density at radius 2 is 1.86 bits per heavy atom. The van der Waals surface area contributed by atoms with Gasteiger partial charge in [-0.3, -0.25) is 9.59 Å². The number of aromatic nitrogens is 1. The van der Waals surface area contributed by atoms with Crippen LogP contribution in [-0.4, -0.2) is 63.9 Å². The van der Waals surface area contributed by atoms with Crippen molar-refractivity contribution in [3.05, 3.63) is 53.8 Å². The predicted molar refractivity (Wildman–Crippen MR) is 133 cm³/mol. The van der Waals surface area contributed by atoms with Gasteiger partial charge in [-0.2, -0.15) is 0 Å². The van der Waals surface area contributed by atoms with Crippen LogP contribution in [0.25, 0.3) is 0 Å². The van der Waals surface area contributed by atoms with Crippen molar-refractivity contribution in [1.82, 2.24) is 15.6 Å². The number of esters is 1. The van der Waals surface area contributed by atoms with Crippen molar-refractivity contribution in [1.29, 1.82) is 0 Å². The van der Waals surface area contributed by atoms with Crippen LogP contribution >= 0.6 is 0 Å². The SMILES string of the molecule is CC1=C[C@@H](O)C[C@@H](O)Cc2nc(co2)C(=O)N[C@H](C)C(=O)O[C@H](C(C)C)[C@H](C)/C=C/C(=O)NCC=C1. The highest BCUT2D eigenvalue weighted by atomic mass is 16.5. The number of hydrogen-bond acceptors (Lipinski definition) is 8.